The molecule has 0 spiro atoms. The van der Waals surface area contributed by atoms with Gasteiger partial charge in [0.2, 0.25) is 0 Å². The van der Waals surface area contributed by atoms with Crippen LogP contribution >= 0.6 is 0 Å². The Balaban J connectivity index is 1.39. The molecule has 4 rings (SSSR count). The first kappa shape index (κ1) is 18.6. The van der Waals surface area contributed by atoms with Crippen LogP contribution in [0.15, 0.2) is 23.3 Å². The van der Waals surface area contributed by atoms with Crippen LogP contribution < -0.4 is 10.9 Å². The first-order valence-electron chi connectivity index (χ1n) is 10.0. The third-order valence-corrected chi connectivity index (χ3v) is 5.68. The number of likely N-dealkylation sites (tertiary alicyclic amines) is 1. The average Bonchev–Trinajstić information content (AvgIpc) is 3.18. The summed E-state index contributed by atoms with van der Waals surface area (Å²) in [5.74, 6) is 0.534. The van der Waals surface area contributed by atoms with Crippen molar-refractivity contribution in [2.24, 2.45) is 0 Å². The van der Waals surface area contributed by atoms with Gasteiger partial charge in [-0.25, -0.2) is 14.6 Å². The molecule has 0 amide bonds. The average molecular weight is 379 g/mol. The van der Waals surface area contributed by atoms with Crippen LogP contribution in [0.2, 0.25) is 0 Å². The van der Waals surface area contributed by atoms with E-state index in [9.17, 15) is 4.79 Å². The predicted molar refractivity (Wildman–Crippen MR) is 105 cm³/mol. The van der Waals surface area contributed by atoms with Gasteiger partial charge >= 0.3 is 0 Å². The van der Waals surface area contributed by atoms with Gasteiger partial charge in [-0.2, -0.15) is 10.4 Å². The highest BCUT2D eigenvalue weighted by Crippen LogP contribution is 2.19. The van der Waals surface area contributed by atoms with Gasteiger partial charge < -0.3 is 5.32 Å². The molecule has 1 saturated heterocycles. The maximum atomic E-state index is 12.3. The molecule has 8 nitrogen and oxygen atoms in total. The van der Waals surface area contributed by atoms with Crippen molar-refractivity contribution in [1.29, 1.82) is 5.26 Å². The lowest BCUT2D eigenvalue weighted by molar-refractivity contribution is 0.148. The summed E-state index contributed by atoms with van der Waals surface area (Å²) in [7, 11) is 0. The summed E-state index contributed by atoms with van der Waals surface area (Å²) in [6, 6.07) is 4.18. The Morgan fingerprint density at radius 1 is 1.18 bits per heavy atom. The second-order valence-corrected chi connectivity index (χ2v) is 7.46. The molecule has 1 N–H and O–H groups in total. The number of piperidine rings is 1. The molecule has 28 heavy (non-hydrogen) atoms. The van der Waals surface area contributed by atoms with E-state index < -0.39 is 0 Å². The van der Waals surface area contributed by atoms with Crippen molar-refractivity contribution < 1.29 is 0 Å². The van der Waals surface area contributed by atoms with Crippen LogP contribution in [0.1, 0.15) is 42.6 Å². The zero-order chi connectivity index (χ0) is 19.3. The minimum Gasteiger partial charge on any atom is -0.366 e. The summed E-state index contributed by atoms with van der Waals surface area (Å²) in [6.45, 7) is 3.12. The molecule has 2 aromatic rings. The van der Waals surface area contributed by atoms with E-state index in [2.05, 4.69) is 31.4 Å². The standard InChI is InChI=1S/C20H25N7O/c21-13-18-20(23-8-7-22-18)24-14-16-5-1-2-9-26(16)10-11-27-19(28)12-15-4-3-6-17(15)25-27/h7-8,12,16H,1-6,9-11,14H2,(H,23,24). The third-order valence-electron chi connectivity index (χ3n) is 5.68. The van der Waals surface area contributed by atoms with Crippen LogP contribution in [0.4, 0.5) is 5.82 Å². The Bertz CT molecular complexity index is 933. The summed E-state index contributed by atoms with van der Waals surface area (Å²) in [6.07, 6.45) is 9.60. The fourth-order valence-corrected chi connectivity index (χ4v) is 4.17. The summed E-state index contributed by atoms with van der Waals surface area (Å²) >= 11 is 0. The first-order valence-corrected chi connectivity index (χ1v) is 10.0. The minimum absolute atomic E-state index is 0.00514. The second kappa shape index (κ2) is 8.48. The molecule has 146 valence electrons. The van der Waals surface area contributed by atoms with Gasteiger partial charge in [-0.1, -0.05) is 6.42 Å². The molecule has 1 aliphatic heterocycles. The monoisotopic (exact) mass is 379 g/mol. The molecule has 0 aromatic carbocycles. The van der Waals surface area contributed by atoms with Gasteiger partial charge in [0.1, 0.15) is 6.07 Å². The predicted octanol–water partition coefficient (Wildman–Crippen LogP) is 1.36. The van der Waals surface area contributed by atoms with Crippen LogP contribution in [0, 0.1) is 11.3 Å². The Hall–Kier alpha value is -2.79. The van der Waals surface area contributed by atoms with Crippen molar-refractivity contribution in [2.45, 2.75) is 51.1 Å². The van der Waals surface area contributed by atoms with Gasteiger partial charge in [0.15, 0.2) is 11.5 Å². The SMILES string of the molecule is N#Cc1nccnc1NCC1CCCCN1CCn1nc2c(cc1=O)CCC2. The molecule has 3 heterocycles. The molecule has 1 aliphatic carbocycles. The number of aryl methyl sites for hydroxylation is 2. The number of fused-ring (bicyclic) bond motifs is 1. The number of nitrogens with one attached hydrogen (secondary N) is 1. The van der Waals surface area contributed by atoms with E-state index in [-0.39, 0.29) is 5.56 Å². The molecule has 0 saturated carbocycles. The van der Waals surface area contributed by atoms with E-state index in [1.54, 1.807) is 16.9 Å². The van der Waals surface area contributed by atoms with Gasteiger partial charge in [0, 0.05) is 37.6 Å². The zero-order valence-electron chi connectivity index (χ0n) is 16.0. The molecule has 2 aliphatic rings. The second-order valence-electron chi connectivity index (χ2n) is 7.46. The number of aromatic nitrogens is 4. The number of hydrogen-bond donors (Lipinski definition) is 1. The van der Waals surface area contributed by atoms with Crippen molar-refractivity contribution in [2.75, 3.05) is 25.0 Å². The molecular weight excluding hydrogens is 354 g/mol. The Labute approximate surface area is 164 Å². The van der Waals surface area contributed by atoms with E-state index in [0.29, 0.717) is 30.6 Å². The molecular formula is C20H25N7O. The normalized spacial score (nSPS) is 19.2. The molecule has 1 atom stereocenters. The Morgan fingerprint density at radius 2 is 2.07 bits per heavy atom. The Morgan fingerprint density at radius 3 is 2.96 bits per heavy atom. The molecule has 1 unspecified atom stereocenters. The molecule has 0 bridgehead atoms. The molecule has 2 aromatic heterocycles. The van der Waals surface area contributed by atoms with Gasteiger partial charge in [-0.3, -0.25) is 9.69 Å². The van der Waals surface area contributed by atoms with Crippen molar-refractivity contribution in [3.05, 3.63) is 45.8 Å². The summed E-state index contributed by atoms with van der Waals surface area (Å²) in [5.41, 5.74) is 2.53. The van der Waals surface area contributed by atoms with Gasteiger partial charge in [-0.05, 0) is 44.2 Å². The lowest BCUT2D eigenvalue weighted by atomic mass is 10.0. The highest BCUT2D eigenvalue weighted by atomic mass is 16.1. The number of anilines is 1. The highest BCUT2D eigenvalue weighted by Gasteiger charge is 2.23. The topological polar surface area (TPSA) is 99.7 Å². The fraction of sp³-hybridized carbons (Fsp3) is 0.550. The van der Waals surface area contributed by atoms with E-state index in [0.717, 1.165) is 56.5 Å². The van der Waals surface area contributed by atoms with E-state index in [4.69, 9.17) is 5.26 Å². The van der Waals surface area contributed by atoms with E-state index in [1.165, 1.54) is 12.6 Å². The van der Waals surface area contributed by atoms with Crippen LogP contribution in [0.25, 0.3) is 0 Å². The van der Waals surface area contributed by atoms with Gasteiger partial charge in [0.05, 0.1) is 12.2 Å². The fourth-order valence-electron chi connectivity index (χ4n) is 4.17. The molecule has 8 heteroatoms. The summed E-state index contributed by atoms with van der Waals surface area (Å²) in [5, 5.41) is 17.0. The maximum Gasteiger partial charge on any atom is 0.267 e. The van der Waals surface area contributed by atoms with Crippen molar-refractivity contribution >= 4 is 5.82 Å². The zero-order valence-corrected chi connectivity index (χ0v) is 16.0. The number of nitrogens with zero attached hydrogens (tertiary/aromatic N) is 6. The molecule has 1 fully saturated rings. The number of nitriles is 1. The maximum absolute atomic E-state index is 12.3. The van der Waals surface area contributed by atoms with Gasteiger partial charge in [0.25, 0.3) is 5.56 Å². The summed E-state index contributed by atoms with van der Waals surface area (Å²) < 4.78 is 1.62. The van der Waals surface area contributed by atoms with E-state index in [1.807, 2.05) is 0 Å². The minimum atomic E-state index is 0.00514. The lowest BCUT2D eigenvalue weighted by Gasteiger charge is -2.35. The largest absolute Gasteiger partial charge is 0.366 e. The van der Waals surface area contributed by atoms with Crippen LogP contribution in [0.3, 0.4) is 0 Å². The van der Waals surface area contributed by atoms with Crippen molar-refractivity contribution in [3.63, 3.8) is 0 Å². The van der Waals surface area contributed by atoms with Crippen molar-refractivity contribution in [3.8, 4) is 6.07 Å². The smallest absolute Gasteiger partial charge is 0.267 e. The number of rotatable bonds is 6. The van der Waals surface area contributed by atoms with Crippen molar-refractivity contribution in [1.82, 2.24) is 24.6 Å². The highest BCUT2D eigenvalue weighted by molar-refractivity contribution is 5.46. The Kier molecular flexibility index (Phi) is 5.63. The van der Waals surface area contributed by atoms with Crippen LogP contribution in [-0.4, -0.2) is 50.3 Å². The summed E-state index contributed by atoms with van der Waals surface area (Å²) in [4.78, 5) is 23.0. The quantitative estimate of drug-likeness (QED) is 0.809. The van der Waals surface area contributed by atoms with Gasteiger partial charge in [-0.15, -0.1) is 0 Å². The first-order chi connectivity index (χ1) is 13.7. The third kappa shape index (κ3) is 4.04. The molecule has 0 radical (unpaired) electrons. The number of hydrogen-bond acceptors (Lipinski definition) is 7. The van der Waals surface area contributed by atoms with Crippen LogP contribution in [-0.2, 0) is 19.4 Å². The lowest BCUT2D eigenvalue weighted by Crippen LogP contribution is -2.45. The van der Waals surface area contributed by atoms with E-state index >= 15 is 0 Å². The van der Waals surface area contributed by atoms with Crippen LogP contribution in [0.5, 0.6) is 0 Å².